The van der Waals surface area contributed by atoms with E-state index in [1.54, 1.807) is 43.4 Å². The second-order valence-electron chi connectivity index (χ2n) is 10.3. The molecule has 3 amide bonds. The number of rotatable bonds is 8. The molecule has 0 spiro atoms. The molecule has 9 heteroatoms. The van der Waals surface area contributed by atoms with Gasteiger partial charge in [0.25, 0.3) is 5.91 Å². The number of urea groups is 1. The van der Waals surface area contributed by atoms with Crippen LogP contribution in [0.25, 0.3) is 10.9 Å². The van der Waals surface area contributed by atoms with Crippen molar-refractivity contribution in [3.63, 3.8) is 0 Å². The van der Waals surface area contributed by atoms with Crippen molar-refractivity contribution < 1.29 is 23.8 Å². The number of carbonyl (C=O) groups excluding carboxylic acids is 2. The summed E-state index contributed by atoms with van der Waals surface area (Å²) in [5, 5.41) is 0.660. The Morgan fingerprint density at radius 2 is 1.65 bits per heavy atom. The van der Waals surface area contributed by atoms with Crippen LogP contribution in [0.5, 0.6) is 23.1 Å². The van der Waals surface area contributed by atoms with Crippen molar-refractivity contribution in [2.75, 3.05) is 30.6 Å². The Kier molecular flexibility index (Phi) is 6.50. The minimum absolute atomic E-state index is 0.000433. The van der Waals surface area contributed by atoms with Gasteiger partial charge in [-0.15, -0.1) is 0 Å². The van der Waals surface area contributed by atoms with Gasteiger partial charge in [-0.1, -0.05) is 26.0 Å². The van der Waals surface area contributed by atoms with Crippen molar-refractivity contribution in [2.45, 2.75) is 38.5 Å². The number of hydrogen-bond donors (Lipinski definition) is 0. The van der Waals surface area contributed by atoms with E-state index in [9.17, 15) is 9.59 Å². The topological polar surface area (TPSA) is 94.1 Å². The molecule has 0 N–H and O–H groups in total. The molecular formula is C31H30N4O5. The number of ether oxygens (including phenoxy) is 3. The summed E-state index contributed by atoms with van der Waals surface area (Å²) >= 11 is 0. The lowest BCUT2D eigenvalue weighted by atomic mass is 10.0. The van der Waals surface area contributed by atoms with Crippen molar-refractivity contribution in [3.05, 3.63) is 72.1 Å². The predicted octanol–water partition coefficient (Wildman–Crippen LogP) is 6.41. The zero-order valence-corrected chi connectivity index (χ0v) is 22.9. The SMILES string of the molecule is COc1cc2ncnc(Oc3ccc(N4C(=O)CN(c5cccc(C6CC6)c5)C4=O)cc3C(C)C)c2cc1OC. The van der Waals surface area contributed by atoms with Crippen LogP contribution in [0.1, 0.15) is 49.7 Å². The molecule has 4 aromatic rings. The van der Waals surface area contributed by atoms with Gasteiger partial charge in [0, 0.05) is 11.8 Å². The summed E-state index contributed by atoms with van der Waals surface area (Å²) in [5.74, 6) is 2.34. The van der Waals surface area contributed by atoms with Gasteiger partial charge in [-0.05, 0) is 72.2 Å². The third kappa shape index (κ3) is 4.57. The third-order valence-electron chi connectivity index (χ3n) is 7.38. The van der Waals surface area contributed by atoms with Crippen LogP contribution in [0, 0.1) is 0 Å². The van der Waals surface area contributed by atoms with E-state index < -0.39 is 0 Å². The lowest BCUT2D eigenvalue weighted by molar-refractivity contribution is -0.115. The second kappa shape index (κ2) is 10.1. The number of fused-ring (bicyclic) bond motifs is 1. The quantitative estimate of drug-likeness (QED) is 0.239. The smallest absolute Gasteiger partial charge is 0.336 e. The van der Waals surface area contributed by atoms with Gasteiger partial charge in [-0.25, -0.2) is 19.7 Å². The van der Waals surface area contributed by atoms with Crippen LogP contribution < -0.4 is 24.0 Å². The summed E-state index contributed by atoms with van der Waals surface area (Å²) in [6, 6.07) is 16.5. The van der Waals surface area contributed by atoms with E-state index in [1.807, 2.05) is 38.1 Å². The molecule has 1 saturated heterocycles. The minimum atomic E-state index is -0.357. The van der Waals surface area contributed by atoms with E-state index in [0.29, 0.717) is 45.6 Å². The monoisotopic (exact) mass is 538 g/mol. The molecule has 0 radical (unpaired) electrons. The summed E-state index contributed by atoms with van der Waals surface area (Å²) in [6.45, 7) is 4.06. The molecule has 2 aliphatic rings. The van der Waals surface area contributed by atoms with E-state index in [0.717, 1.165) is 11.3 Å². The molecule has 9 nitrogen and oxygen atoms in total. The van der Waals surface area contributed by atoms with Crippen LogP contribution >= 0.6 is 0 Å². The molecule has 1 aliphatic heterocycles. The first-order chi connectivity index (χ1) is 19.4. The summed E-state index contributed by atoms with van der Waals surface area (Å²) in [6.07, 6.45) is 3.77. The summed E-state index contributed by atoms with van der Waals surface area (Å²) < 4.78 is 17.2. The van der Waals surface area contributed by atoms with Crippen LogP contribution in [-0.2, 0) is 4.79 Å². The lowest BCUT2D eigenvalue weighted by Gasteiger charge is -2.20. The molecule has 2 fully saturated rings. The van der Waals surface area contributed by atoms with Crippen molar-refractivity contribution in [1.82, 2.24) is 9.97 Å². The second-order valence-corrected chi connectivity index (χ2v) is 10.3. The average molecular weight is 539 g/mol. The van der Waals surface area contributed by atoms with Gasteiger partial charge in [-0.2, -0.15) is 0 Å². The highest BCUT2D eigenvalue weighted by Crippen LogP contribution is 2.42. The first-order valence-electron chi connectivity index (χ1n) is 13.3. The van der Waals surface area contributed by atoms with Crippen LogP contribution in [-0.4, -0.2) is 42.7 Å². The Labute approximate surface area is 232 Å². The highest BCUT2D eigenvalue weighted by Gasteiger charge is 2.39. The lowest BCUT2D eigenvalue weighted by Crippen LogP contribution is -2.33. The zero-order chi connectivity index (χ0) is 28.0. The highest BCUT2D eigenvalue weighted by molar-refractivity contribution is 6.27. The van der Waals surface area contributed by atoms with Gasteiger partial charge in [0.1, 0.15) is 18.6 Å². The maximum absolute atomic E-state index is 13.5. The molecule has 0 bridgehead atoms. The molecule has 1 aromatic heterocycles. The first kappa shape index (κ1) is 25.6. The first-order valence-corrected chi connectivity index (χ1v) is 13.3. The van der Waals surface area contributed by atoms with Crippen molar-refractivity contribution in [3.8, 4) is 23.1 Å². The van der Waals surface area contributed by atoms with Crippen molar-refractivity contribution in [1.29, 1.82) is 0 Å². The van der Waals surface area contributed by atoms with Gasteiger partial charge in [-0.3, -0.25) is 9.69 Å². The Balaban J connectivity index is 1.32. The number of imide groups is 1. The molecular weight excluding hydrogens is 508 g/mol. The number of amides is 3. The molecule has 204 valence electrons. The molecule has 3 aromatic carbocycles. The van der Waals surface area contributed by atoms with Gasteiger partial charge in [0.2, 0.25) is 5.88 Å². The third-order valence-corrected chi connectivity index (χ3v) is 7.38. The maximum Gasteiger partial charge on any atom is 0.336 e. The zero-order valence-electron chi connectivity index (χ0n) is 22.9. The molecule has 2 heterocycles. The number of benzene rings is 3. The fourth-order valence-electron chi connectivity index (χ4n) is 5.08. The normalized spacial score (nSPS) is 15.3. The molecule has 0 unspecified atom stereocenters. The maximum atomic E-state index is 13.5. The minimum Gasteiger partial charge on any atom is -0.493 e. The molecule has 1 saturated carbocycles. The fraction of sp³-hybridized carbons (Fsp3) is 0.290. The number of carbonyl (C=O) groups is 2. The van der Waals surface area contributed by atoms with Crippen LogP contribution in [0.2, 0.25) is 0 Å². The Morgan fingerprint density at radius 1 is 0.875 bits per heavy atom. The highest BCUT2D eigenvalue weighted by atomic mass is 16.5. The summed E-state index contributed by atoms with van der Waals surface area (Å²) in [4.78, 5) is 38.1. The van der Waals surface area contributed by atoms with Gasteiger partial charge >= 0.3 is 6.03 Å². The summed E-state index contributed by atoms with van der Waals surface area (Å²) in [7, 11) is 3.13. The van der Waals surface area contributed by atoms with Crippen LogP contribution in [0.3, 0.4) is 0 Å². The van der Waals surface area contributed by atoms with E-state index in [2.05, 4.69) is 16.0 Å². The number of aromatic nitrogens is 2. The predicted molar refractivity (Wildman–Crippen MR) is 152 cm³/mol. The Hall–Kier alpha value is -4.66. The van der Waals surface area contributed by atoms with E-state index in [1.165, 1.54) is 29.6 Å². The van der Waals surface area contributed by atoms with E-state index >= 15 is 0 Å². The van der Waals surface area contributed by atoms with Crippen molar-refractivity contribution in [2.24, 2.45) is 0 Å². The van der Waals surface area contributed by atoms with E-state index in [-0.39, 0.29) is 24.4 Å². The average Bonchev–Trinajstić information content (AvgIpc) is 3.77. The number of hydrogen-bond acceptors (Lipinski definition) is 7. The molecule has 0 atom stereocenters. The number of anilines is 2. The fourth-order valence-corrected chi connectivity index (χ4v) is 5.08. The summed E-state index contributed by atoms with van der Waals surface area (Å²) in [5.41, 5.74) is 3.94. The van der Waals surface area contributed by atoms with Gasteiger partial charge in [0.15, 0.2) is 11.5 Å². The van der Waals surface area contributed by atoms with E-state index in [4.69, 9.17) is 14.2 Å². The number of methoxy groups -OCH3 is 2. The van der Waals surface area contributed by atoms with Crippen molar-refractivity contribution >= 4 is 34.2 Å². The van der Waals surface area contributed by atoms with Crippen LogP contribution in [0.15, 0.2) is 60.9 Å². The number of nitrogens with zero attached hydrogens (tertiary/aromatic N) is 4. The van der Waals surface area contributed by atoms with Gasteiger partial charge < -0.3 is 14.2 Å². The van der Waals surface area contributed by atoms with Gasteiger partial charge in [0.05, 0.1) is 30.8 Å². The molecule has 6 rings (SSSR count). The largest absolute Gasteiger partial charge is 0.493 e. The molecule has 40 heavy (non-hydrogen) atoms. The molecule has 1 aliphatic carbocycles. The Bertz CT molecular complexity index is 1630. The van der Waals surface area contributed by atoms with Crippen LogP contribution in [0.4, 0.5) is 16.2 Å². The Morgan fingerprint density at radius 3 is 2.38 bits per heavy atom. The standard InChI is InChI=1S/C31H30N4O5/c1-18(2)23-13-22(35-29(36)16-34(31(35)37)21-7-5-6-20(12-21)19-8-9-19)10-11-26(23)40-30-24-14-27(38-3)28(39-4)15-25(24)32-17-33-30/h5-7,10-15,17-19H,8-9,16H2,1-4H3.